The molecule has 1 aliphatic heterocycles. The second kappa shape index (κ2) is 6.08. The highest BCUT2D eigenvalue weighted by molar-refractivity contribution is 5.97. The van der Waals surface area contributed by atoms with E-state index >= 15 is 0 Å². The smallest absolute Gasteiger partial charge is 0.257 e. The largest absolute Gasteiger partial charge is 0.339 e. The first-order valence-corrected chi connectivity index (χ1v) is 9.17. The van der Waals surface area contributed by atoms with Gasteiger partial charge >= 0.3 is 0 Å². The van der Waals surface area contributed by atoms with E-state index in [0.29, 0.717) is 5.92 Å². The summed E-state index contributed by atoms with van der Waals surface area (Å²) in [6.07, 6.45) is 5.39. The lowest BCUT2D eigenvalue weighted by Crippen LogP contribution is -2.29. The number of benzene rings is 1. The molecule has 1 aliphatic carbocycles. The maximum absolute atomic E-state index is 13.2. The van der Waals surface area contributed by atoms with Crippen LogP contribution in [0.2, 0.25) is 0 Å². The molecule has 1 saturated heterocycles. The Labute approximate surface area is 143 Å². The van der Waals surface area contributed by atoms with E-state index in [1.54, 1.807) is 0 Å². The highest BCUT2D eigenvalue weighted by Gasteiger charge is 2.36. The van der Waals surface area contributed by atoms with Gasteiger partial charge in [0, 0.05) is 19.0 Å². The minimum atomic E-state index is 0.199. The lowest BCUT2D eigenvalue weighted by Gasteiger charge is -2.16. The molecule has 4 rings (SSSR count). The molecule has 1 amide bonds. The van der Waals surface area contributed by atoms with Crippen LogP contribution >= 0.6 is 0 Å². The van der Waals surface area contributed by atoms with Crippen molar-refractivity contribution in [2.45, 2.75) is 51.9 Å². The van der Waals surface area contributed by atoms with Crippen LogP contribution < -0.4 is 0 Å². The first-order valence-electron chi connectivity index (χ1n) is 9.17. The number of aromatic nitrogens is 2. The summed E-state index contributed by atoms with van der Waals surface area (Å²) in [5.74, 6) is 0.674. The van der Waals surface area contributed by atoms with Crippen molar-refractivity contribution in [2.75, 3.05) is 13.1 Å². The number of hydrogen-bond donors (Lipinski definition) is 0. The molecule has 0 atom stereocenters. The Kier molecular flexibility index (Phi) is 3.91. The van der Waals surface area contributed by atoms with Crippen LogP contribution in [0.25, 0.3) is 5.69 Å². The number of nitrogens with zero attached hydrogens (tertiary/aromatic N) is 3. The SMILES string of the molecule is CCc1c(C(=O)N2CCCC2)c(C2CC2)nn1-c1cccc(C)c1. The molecular formula is C20H25N3O. The van der Waals surface area contributed by atoms with Gasteiger partial charge in [0.05, 0.1) is 22.6 Å². The Morgan fingerprint density at radius 3 is 2.62 bits per heavy atom. The molecule has 2 aliphatic rings. The van der Waals surface area contributed by atoms with Crippen molar-refractivity contribution >= 4 is 5.91 Å². The fourth-order valence-electron chi connectivity index (χ4n) is 3.73. The van der Waals surface area contributed by atoms with Crippen molar-refractivity contribution in [1.82, 2.24) is 14.7 Å². The molecule has 2 aromatic rings. The standard InChI is InChI=1S/C20H25N3O/c1-3-17-18(20(24)22-11-4-5-12-22)19(15-9-10-15)21-23(17)16-8-6-7-14(2)13-16/h6-8,13,15H,3-5,9-12H2,1-2H3. The third-order valence-electron chi connectivity index (χ3n) is 5.16. The van der Waals surface area contributed by atoms with Crippen LogP contribution in [-0.4, -0.2) is 33.7 Å². The van der Waals surface area contributed by atoms with Crippen molar-refractivity contribution in [2.24, 2.45) is 0 Å². The van der Waals surface area contributed by atoms with Gasteiger partial charge in [-0.15, -0.1) is 0 Å². The summed E-state index contributed by atoms with van der Waals surface area (Å²) in [5, 5.41) is 4.92. The molecule has 0 unspecified atom stereocenters. The molecule has 1 saturated carbocycles. The van der Waals surface area contributed by atoms with Gasteiger partial charge in [-0.3, -0.25) is 4.79 Å². The minimum absolute atomic E-state index is 0.199. The van der Waals surface area contributed by atoms with Crippen molar-refractivity contribution in [3.05, 3.63) is 46.8 Å². The van der Waals surface area contributed by atoms with Gasteiger partial charge in [0.1, 0.15) is 0 Å². The third kappa shape index (κ3) is 2.64. The fourth-order valence-corrected chi connectivity index (χ4v) is 3.73. The molecule has 1 aromatic carbocycles. The fraction of sp³-hybridized carbons (Fsp3) is 0.500. The first kappa shape index (κ1) is 15.4. The van der Waals surface area contributed by atoms with Crippen molar-refractivity contribution in [3.8, 4) is 5.69 Å². The topological polar surface area (TPSA) is 38.1 Å². The van der Waals surface area contributed by atoms with Crippen molar-refractivity contribution in [1.29, 1.82) is 0 Å². The average Bonchev–Trinajstić information content (AvgIpc) is 3.14. The molecule has 0 spiro atoms. The van der Waals surface area contributed by atoms with Crippen LogP contribution in [0.3, 0.4) is 0 Å². The minimum Gasteiger partial charge on any atom is -0.339 e. The first-order chi connectivity index (χ1) is 11.7. The number of rotatable bonds is 4. The maximum atomic E-state index is 13.2. The van der Waals surface area contributed by atoms with E-state index in [9.17, 15) is 4.79 Å². The van der Waals surface area contributed by atoms with Crippen LogP contribution in [0.5, 0.6) is 0 Å². The molecule has 0 N–H and O–H groups in total. The molecule has 0 radical (unpaired) electrons. The van der Waals surface area contributed by atoms with Crippen LogP contribution in [-0.2, 0) is 6.42 Å². The average molecular weight is 323 g/mol. The summed E-state index contributed by atoms with van der Waals surface area (Å²) >= 11 is 0. The van der Waals surface area contributed by atoms with Crippen molar-refractivity contribution in [3.63, 3.8) is 0 Å². The quantitative estimate of drug-likeness (QED) is 0.857. The number of amides is 1. The van der Waals surface area contributed by atoms with Gasteiger partial charge in [0.2, 0.25) is 0 Å². The van der Waals surface area contributed by atoms with E-state index in [0.717, 1.165) is 67.8 Å². The zero-order valence-electron chi connectivity index (χ0n) is 14.6. The molecule has 2 fully saturated rings. The number of likely N-dealkylation sites (tertiary alicyclic amines) is 1. The van der Waals surface area contributed by atoms with Crippen LogP contribution in [0.15, 0.2) is 24.3 Å². The summed E-state index contributed by atoms with van der Waals surface area (Å²) in [4.78, 5) is 15.2. The predicted octanol–water partition coefficient (Wildman–Crippen LogP) is 3.86. The second-order valence-corrected chi connectivity index (χ2v) is 7.08. The predicted molar refractivity (Wildman–Crippen MR) is 94.8 cm³/mol. The Morgan fingerprint density at radius 2 is 2.00 bits per heavy atom. The summed E-state index contributed by atoms with van der Waals surface area (Å²) < 4.78 is 2.02. The molecule has 2 heterocycles. The van der Waals surface area contributed by atoms with Gasteiger partial charge in [-0.1, -0.05) is 19.1 Å². The lowest BCUT2D eigenvalue weighted by molar-refractivity contribution is 0.0790. The van der Waals surface area contributed by atoms with Gasteiger partial charge in [-0.05, 0) is 56.7 Å². The lowest BCUT2D eigenvalue weighted by atomic mass is 10.1. The number of aryl methyl sites for hydroxylation is 1. The summed E-state index contributed by atoms with van der Waals surface area (Å²) in [6.45, 7) is 6.00. The van der Waals surface area contributed by atoms with Gasteiger partial charge < -0.3 is 4.90 Å². The molecule has 126 valence electrons. The van der Waals surface area contributed by atoms with E-state index in [1.165, 1.54) is 5.56 Å². The van der Waals surface area contributed by atoms with Gasteiger partial charge in [0.25, 0.3) is 5.91 Å². The van der Waals surface area contributed by atoms with Gasteiger partial charge in [-0.25, -0.2) is 4.68 Å². The van der Waals surface area contributed by atoms with Gasteiger partial charge in [0.15, 0.2) is 0 Å². The Morgan fingerprint density at radius 1 is 1.25 bits per heavy atom. The highest BCUT2D eigenvalue weighted by atomic mass is 16.2. The van der Waals surface area contributed by atoms with Crippen LogP contribution in [0.1, 0.15) is 65.8 Å². The highest BCUT2D eigenvalue weighted by Crippen LogP contribution is 2.42. The zero-order valence-corrected chi connectivity index (χ0v) is 14.6. The monoisotopic (exact) mass is 323 g/mol. The third-order valence-corrected chi connectivity index (χ3v) is 5.16. The normalized spacial score (nSPS) is 17.5. The van der Waals surface area contributed by atoms with E-state index in [2.05, 4.69) is 38.1 Å². The molecule has 4 heteroatoms. The summed E-state index contributed by atoms with van der Waals surface area (Å²) in [6, 6.07) is 8.38. The molecular weight excluding hydrogens is 298 g/mol. The zero-order chi connectivity index (χ0) is 16.7. The molecule has 1 aromatic heterocycles. The van der Waals surface area contributed by atoms with Crippen LogP contribution in [0, 0.1) is 6.92 Å². The Balaban J connectivity index is 1.83. The Hall–Kier alpha value is -2.10. The van der Waals surface area contributed by atoms with Crippen LogP contribution in [0.4, 0.5) is 0 Å². The van der Waals surface area contributed by atoms with E-state index in [-0.39, 0.29) is 5.91 Å². The molecule has 24 heavy (non-hydrogen) atoms. The number of carbonyl (C=O) groups is 1. The van der Waals surface area contributed by atoms with Gasteiger partial charge in [-0.2, -0.15) is 5.10 Å². The second-order valence-electron chi connectivity index (χ2n) is 7.08. The maximum Gasteiger partial charge on any atom is 0.257 e. The molecule has 4 nitrogen and oxygen atoms in total. The molecule has 0 bridgehead atoms. The van der Waals surface area contributed by atoms with E-state index in [4.69, 9.17) is 5.10 Å². The summed E-state index contributed by atoms with van der Waals surface area (Å²) in [5.41, 5.74) is 5.27. The van der Waals surface area contributed by atoms with E-state index in [1.807, 2.05) is 9.58 Å². The number of hydrogen-bond acceptors (Lipinski definition) is 2. The van der Waals surface area contributed by atoms with E-state index < -0.39 is 0 Å². The Bertz CT molecular complexity index is 767. The van der Waals surface area contributed by atoms with Crippen molar-refractivity contribution < 1.29 is 4.79 Å². The summed E-state index contributed by atoms with van der Waals surface area (Å²) in [7, 11) is 0. The number of carbonyl (C=O) groups excluding carboxylic acids is 1.